The Morgan fingerprint density at radius 2 is 2.33 bits per heavy atom. The lowest BCUT2D eigenvalue weighted by Crippen LogP contribution is -2.31. The molecule has 1 N–H and O–H groups in total. The Balaban J connectivity index is 1.78. The third-order valence-corrected chi connectivity index (χ3v) is 2.98. The Kier molecular flexibility index (Phi) is 2.75. The molecular formula is C11H16N2O2. The fraction of sp³-hybridized carbons (Fsp3) is 0.636. The number of amides is 2. The summed E-state index contributed by atoms with van der Waals surface area (Å²) in [6.07, 6.45) is 4.14. The maximum atomic E-state index is 11.6. The molecule has 0 aromatic heterocycles. The van der Waals surface area contributed by atoms with Crippen molar-refractivity contribution in [3.05, 3.63) is 12.7 Å². The van der Waals surface area contributed by atoms with Crippen LogP contribution in [-0.4, -0.2) is 35.8 Å². The molecule has 1 saturated heterocycles. The van der Waals surface area contributed by atoms with Crippen molar-refractivity contribution in [2.75, 3.05) is 13.1 Å². The van der Waals surface area contributed by atoms with Gasteiger partial charge in [-0.2, -0.15) is 0 Å². The van der Waals surface area contributed by atoms with Gasteiger partial charge in [0, 0.05) is 31.5 Å². The van der Waals surface area contributed by atoms with Gasteiger partial charge in [0.2, 0.25) is 11.8 Å². The van der Waals surface area contributed by atoms with Crippen LogP contribution >= 0.6 is 0 Å². The quantitative estimate of drug-likeness (QED) is 0.675. The number of nitrogens with one attached hydrogen (secondary N) is 1. The SMILES string of the molecule is C=CC(=O)NCC1CC(=O)N(C2CC2)C1. The lowest BCUT2D eigenvalue weighted by molar-refractivity contribution is -0.128. The maximum absolute atomic E-state index is 11.6. The van der Waals surface area contributed by atoms with E-state index in [9.17, 15) is 9.59 Å². The first-order valence-electron chi connectivity index (χ1n) is 5.40. The smallest absolute Gasteiger partial charge is 0.243 e. The summed E-state index contributed by atoms with van der Waals surface area (Å²) in [6, 6.07) is 0.498. The van der Waals surface area contributed by atoms with Gasteiger partial charge in [-0.15, -0.1) is 0 Å². The van der Waals surface area contributed by atoms with Crippen molar-refractivity contribution >= 4 is 11.8 Å². The van der Waals surface area contributed by atoms with Crippen molar-refractivity contribution < 1.29 is 9.59 Å². The second kappa shape index (κ2) is 4.04. The molecule has 2 fully saturated rings. The molecule has 0 aromatic rings. The highest BCUT2D eigenvalue weighted by molar-refractivity contribution is 5.87. The van der Waals surface area contributed by atoms with Gasteiger partial charge in [0.25, 0.3) is 0 Å². The van der Waals surface area contributed by atoms with E-state index in [0.717, 1.165) is 19.4 Å². The molecule has 1 atom stereocenters. The van der Waals surface area contributed by atoms with Crippen LogP contribution in [0.25, 0.3) is 0 Å². The molecular weight excluding hydrogens is 192 g/mol. The Morgan fingerprint density at radius 1 is 1.60 bits per heavy atom. The third kappa shape index (κ3) is 2.37. The van der Waals surface area contributed by atoms with Crippen molar-refractivity contribution in [1.82, 2.24) is 10.2 Å². The summed E-state index contributed by atoms with van der Waals surface area (Å²) in [5.74, 6) is 0.365. The molecule has 2 amide bonds. The number of likely N-dealkylation sites (tertiary alicyclic amines) is 1. The summed E-state index contributed by atoms with van der Waals surface area (Å²) in [6.45, 7) is 4.77. The second-order valence-electron chi connectivity index (χ2n) is 4.30. The summed E-state index contributed by atoms with van der Waals surface area (Å²) < 4.78 is 0. The Bertz CT molecular complexity index is 297. The van der Waals surface area contributed by atoms with E-state index in [1.807, 2.05) is 4.90 Å². The van der Waals surface area contributed by atoms with Crippen molar-refractivity contribution in [2.45, 2.75) is 25.3 Å². The Hall–Kier alpha value is -1.32. The molecule has 15 heavy (non-hydrogen) atoms. The summed E-state index contributed by atoms with van der Waals surface area (Å²) in [5, 5.41) is 2.74. The van der Waals surface area contributed by atoms with E-state index < -0.39 is 0 Å². The molecule has 0 radical (unpaired) electrons. The molecule has 2 rings (SSSR count). The fourth-order valence-electron chi connectivity index (χ4n) is 2.00. The van der Waals surface area contributed by atoms with Gasteiger partial charge in [-0.05, 0) is 18.9 Å². The van der Waals surface area contributed by atoms with E-state index >= 15 is 0 Å². The normalized spacial score (nSPS) is 25.5. The molecule has 4 heteroatoms. The first-order valence-corrected chi connectivity index (χ1v) is 5.40. The molecule has 0 aromatic carbocycles. The fourth-order valence-corrected chi connectivity index (χ4v) is 2.00. The summed E-state index contributed by atoms with van der Waals surface area (Å²) in [5.41, 5.74) is 0. The van der Waals surface area contributed by atoms with Crippen molar-refractivity contribution in [2.24, 2.45) is 5.92 Å². The zero-order valence-electron chi connectivity index (χ0n) is 8.74. The number of rotatable bonds is 4. The third-order valence-electron chi connectivity index (χ3n) is 2.98. The molecule has 1 saturated carbocycles. The van der Waals surface area contributed by atoms with E-state index in [2.05, 4.69) is 11.9 Å². The van der Waals surface area contributed by atoms with Gasteiger partial charge in [0.15, 0.2) is 0 Å². The van der Waals surface area contributed by atoms with Crippen LogP contribution in [0.3, 0.4) is 0 Å². The average molecular weight is 208 g/mol. The average Bonchev–Trinajstić information content (AvgIpc) is 3.00. The molecule has 2 aliphatic rings. The van der Waals surface area contributed by atoms with Gasteiger partial charge in [-0.25, -0.2) is 0 Å². The first-order chi connectivity index (χ1) is 7.20. The van der Waals surface area contributed by atoms with E-state index in [1.54, 1.807) is 0 Å². The van der Waals surface area contributed by atoms with Gasteiger partial charge in [0.1, 0.15) is 0 Å². The van der Waals surface area contributed by atoms with Crippen LogP contribution in [-0.2, 0) is 9.59 Å². The molecule has 1 aliphatic heterocycles. The lowest BCUT2D eigenvalue weighted by Gasteiger charge is -2.15. The molecule has 1 heterocycles. The highest BCUT2D eigenvalue weighted by atomic mass is 16.2. The molecule has 4 nitrogen and oxygen atoms in total. The van der Waals surface area contributed by atoms with Crippen LogP contribution in [0.5, 0.6) is 0 Å². The molecule has 1 unspecified atom stereocenters. The largest absolute Gasteiger partial charge is 0.352 e. The zero-order valence-corrected chi connectivity index (χ0v) is 8.74. The minimum atomic E-state index is -0.160. The van der Waals surface area contributed by atoms with Crippen molar-refractivity contribution in [3.63, 3.8) is 0 Å². The molecule has 82 valence electrons. The number of carbonyl (C=O) groups is 2. The van der Waals surface area contributed by atoms with Crippen LogP contribution < -0.4 is 5.32 Å². The van der Waals surface area contributed by atoms with E-state index in [1.165, 1.54) is 6.08 Å². The van der Waals surface area contributed by atoms with E-state index in [4.69, 9.17) is 0 Å². The van der Waals surface area contributed by atoms with Gasteiger partial charge in [-0.1, -0.05) is 6.58 Å². The Morgan fingerprint density at radius 3 is 2.93 bits per heavy atom. The van der Waals surface area contributed by atoms with Gasteiger partial charge < -0.3 is 10.2 Å². The minimum Gasteiger partial charge on any atom is -0.352 e. The number of carbonyl (C=O) groups excluding carboxylic acids is 2. The highest BCUT2D eigenvalue weighted by Crippen LogP contribution is 2.32. The van der Waals surface area contributed by atoms with Crippen LogP contribution in [0.1, 0.15) is 19.3 Å². The standard InChI is InChI=1S/C11H16N2O2/c1-2-10(14)12-6-8-5-11(15)13(7-8)9-3-4-9/h2,8-9H,1,3-7H2,(H,12,14). The summed E-state index contributed by atoms with van der Waals surface area (Å²) in [4.78, 5) is 24.5. The van der Waals surface area contributed by atoms with Crippen molar-refractivity contribution in [1.29, 1.82) is 0 Å². The maximum Gasteiger partial charge on any atom is 0.243 e. The van der Waals surface area contributed by atoms with Crippen LogP contribution in [0, 0.1) is 5.92 Å². The number of hydrogen-bond donors (Lipinski definition) is 1. The Labute approximate surface area is 89.3 Å². The van der Waals surface area contributed by atoms with Gasteiger partial charge >= 0.3 is 0 Å². The van der Waals surface area contributed by atoms with Gasteiger partial charge in [0.05, 0.1) is 0 Å². The lowest BCUT2D eigenvalue weighted by atomic mass is 10.1. The van der Waals surface area contributed by atoms with E-state index in [-0.39, 0.29) is 17.7 Å². The number of hydrogen-bond acceptors (Lipinski definition) is 2. The zero-order chi connectivity index (χ0) is 10.8. The summed E-state index contributed by atoms with van der Waals surface area (Å²) >= 11 is 0. The predicted octanol–water partition coefficient (Wildman–Crippen LogP) is 0.299. The van der Waals surface area contributed by atoms with Crippen LogP contribution in [0.4, 0.5) is 0 Å². The topological polar surface area (TPSA) is 49.4 Å². The highest BCUT2D eigenvalue weighted by Gasteiger charge is 2.39. The predicted molar refractivity (Wildman–Crippen MR) is 56.0 cm³/mol. The molecule has 0 spiro atoms. The molecule has 0 bridgehead atoms. The second-order valence-corrected chi connectivity index (χ2v) is 4.30. The number of nitrogens with zero attached hydrogens (tertiary/aromatic N) is 1. The van der Waals surface area contributed by atoms with Crippen LogP contribution in [0.15, 0.2) is 12.7 Å². The monoisotopic (exact) mass is 208 g/mol. The molecule has 1 aliphatic carbocycles. The minimum absolute atomic E-state index is 0.160. The van der Waals surface area contributed by atoms with Gasteiger partial charge in [-0.3, -0.25) is 9.59 Å². The van der Waals surface area contributed by atoms with Crippen molar-refractivity contribution in [3.8, 4) is 0 Å². The van der Waals surface area contributed by atoms with Crippen LogP contribution in [0.2, 0.25) is 0 Å². The van der Waals surface area contributed by atoms with E-state index in [0.29, 0.717) is 19.0 Å². The summed E-state index contributed by atoms with van der Waals surface area (Å²) in [7, 11) is 0. The first kappa shape index (κ1) is 10.2.